The number of benzene rings is 1. The van der Waals surface area contributed by atoms with E-state index in [9.17, 15) is 18.0 Å². The molecule has 94 valence electrons. The second kappa shape index (κ2) is 4.17. The number of aromatic nitrogens is 2. The van der Waals surface area contributed by atoms with Crippen molar-refractivity contribution < 1.29 is 23.1 Å². The zero-order valence-electron chi connectivity index (χ0n) is 8.85. The van der Waals surface area contributed by atoms with Crippen LogP contribution < -0.4 is 0 Å². The third-order valence-corrected chi connectivity index (χ3v) is 2.34. The highest BCUT2D eigenvalue weighted by molar-refractivity contribution is 5.90. The molecule has 0 saturated carbocycles. The van der Waals surface area contributed by atoms with Gasteiger partial charge in [-0.2, -0.15) is 13.2 Å². The zero-order valence-corrected chi connectivity index (χ0v) is 8.85. The Morgan fingerprint density at radius 3 is 2.56 bits per heavy atom. The van der Waals surface area contributed by atoms with Crippen molar-refractivity contribution >= 4 is 5.97 Å². The Hall–Kier alpha value is -2.31. The van der Waals surface area contributed by atoms with E-state index in [0.717, 1.165) is 12.1 Å². The molecule has 0 radical (unpaired) electrons. The fraction of sp³-hybridized carbons (Fsp3) is 0.0909. The molecule has 7 heteroatoms. The lowest BCUT2D eigenvalue weighted by Crippen LogP contribution is -2.13. The van der Waals surface area contributed by atoms with Crippen LogP contribution in [0, 0.1) is 0 Å². The average Bonchev–Trinajstić information content (AvgIpc) is 2.80. The molecule has 0 aliphatic rings. The Morgan fingerprint density at radius 2 is 2.06 bits per heavy atom. The zero-order chi connectivity index (χ0) is 13.3. The lowest BCUT2D eigenvalue weighted by molar-refractivity contribution is -0.138. The maximum absolute atomic E-state index is 12.6. The number of carboxylic acid groups (broad SMARTS) is 1. The van der Waals surface area contributed by atoms with E-state index in [4.69, 9.17) is 5.11 Å². The highest BCUT2D eigenvalue weighted by Crippen LogP contribution is 2.33. The van der Waals surface area contributed by atoms with Gasteiger partial charge in [-0.1, -0.05) is 0 Å². The van der Waals surface area contributed by atoms with Gasteiger partial charge >= 0.3 is 12.1 Å². The number of carbonyl (C=O) groups is 1. The molecule has 0 saturated heterocycles. The predicted octanol–water partition coefficient (Wildman–Crippen LogP) is 2.59. The molecule has 0 bridgehead atoms. The molecule has 1 heterocycles. The molecular weight excluding hydrogens is 249 g/mol. The van der Waals surface area contributed by atoms with Gasteiger partial charge in [0.25, 0.3) is 0 Å². The molecule has 1 aromatic heterocycles. The molecule has 0 aliphatic heterocycles. The molecule has 0 spiro atoms. The van der Waals surface area contributed by atoms with E-state index in [1.807, 2.05) is 0 Å². The molecule has 0 aliphatic carbocycles. The number of imidazole rings is 1. The van der Waals surface area contributed by atoms with Gasteiger partial charge in [0.1, 0.15) is 0 Å². The summed E-state index contributed by atoms with van der Waals surface area (Å²) in [6.07, 6.45) is -0.373. The largest absolute Gasteiger partial charge is 0.478 e. The van der Waals surface area contributed by atoms with E-state index in [1.54, 1.807) is 0 Å². The van der Waals surface area contributed by atoms with Crippen LogP contribution in [0.5, 0.6) is 0 Å². The van der Waals surface area contributed by atoms with Crippen molar-refractivity contribution in [3.8, 4) is 5.69 Å². The van der Waals surface area contributed by atoms with E-state index < -0.39 is 23.3 Å². The Labute approximate surface area is 99.3 Å². The minimum Gasteiger partial charge on any atom is -0.478 e. The summed E-state index contributed by atoms with van der Waals surface area (Å²) < 4.78 is 39.2. The van der Waals surface area contributed by atoms with Crippen LogP contribution in [0.3, 0.4) is 0 Å². The van der Waals surface area contributed by atoms with Crippen LogP contribution in [0.4, 0.5) is 13.2 Å². The van der Waals surface area contributed by atoms with Gasteiger partial charge in [-0.25, -0.2) is 9.78 Å². The van der Waals surface area contributed by atoms with Gasteiger partial charge in [0.05, 0.1) is 17.5 Å². The van der Waals surface area contributed by atoms with E-state index in [1.165, 1.54) is 29.4 Å². The maximum Gasteiger partial charge on any atom is 0.417 e. The topological polar surface area (TPSA) is 55.1 Å². The molecule has 0 unspecified atom stereocenters. The molecule has 0 amide bonds. The number of hydrogen-bond donors (Lipinski definition) is 1. The first-order chi connectivity index (χ1) is 8.39. The number of nitrogens with zero attached hydrogens (tertiary/aromatic N) is 2. The second-order valence-corrected chi connectivity index (χ2v) is 3.50. The summed E-state index contributed by atoms with van der Waals surface area (Å²) in [5, 5.41) is 8.83. The Kier molecular flexibility index (Phi) is 2.82. The third kappa shape index (κ3) is 2.20. The monoisotopic (exact) mass is 256 g/mol. The SMILES string of the molecule is O=C(O)c1cc(-n2ccnc2)ccc1C(F)(F)F. The summed E-state index contributed by atoms with van der Waals surface area (Å²) in [6.45, 7) is 0. The lowest BCUT2D eigenvalue weighted by Gasteiger charge is -2.12. The minimum absolute atomic E-state index is 0.304. The van der Waals surface area contributed by atoms with Crippen LogP contribution in [-0.4, -0.2) is 20.6 Å². The van der Waals surface area contributed by atoms with Crippen LogP contribution in [0.1, 0.15) is 15.9 Å². The van der Waals surface area contributed by atoms with Gasteiger partial charge in [-0.05, 0) is 18.2 Å². The molecular formula is C11H7F3N2O2. The smallest absolute Gasteiger partial charge is 0.417 e. The van der Waals surface area contributed by atoms with Crippen molar-refractivity contribution in [2.45, 2.75) is 6.18 Å². The molecule has 2 rings (SSSR count). The molecule has 0 fully saturated rings. The number of aromatic carboxylic acids is 1. The van der Waals surface area contributed by atoms with E-state index in [0.29, 0.717) is 5.69 Å². The van der Waals surface area contributed by atoms with Gasteiger partial charge in [-0.3, -0.25) is 0 Å². The second-order valence-electron chi connectivity index (χ2n) is 3.50. The fourth-order valence-corrected chi connectivity index (χ4v) is 1.53. The van der Waals surface area contributed by atoms with Crippen molar-refractivity contribution in [1.29, 1.82) is 0 Å². The summed E-state index contributed by atoms with van der Waals surface area (Å²) in [5.41, 5.74) is -1.65. The third-order valence-electron chi connectivity index (χ3n) is 2.34. The van der Waals surface area contributed by atoms with Crippen molar-refractivity contribution in [1.82, 2.24) is 9.55 Å². The fourth-order valence-electron chi connectivity index (χ4n) is 1.53. The summed E-state index contributed by atoms with van der Waals surface area (Å²) >= 11 is 0. The first kappa shape index (κ1) is 12.2. The molecule has 4 nitrogen and oxygen atoms in total. The van der Waals surface area contributed by atoms with Crippen LogP contribution in [0.15, 0.2) is 36.9 Å². The standard InChI is InChI=1S/C11H7F3N2O2/c12-11(13,14)9-2-1-7(5-8(9)10(17)18)16-4-3-15-6-16/h1-6H,(H,17,18). The van der Waals surface area contributed by atoms with Gasteiger partial charge in [0.2, 0.25) is 0 Å². The van der Waals surface area contributed by atoms with Gasteiger partial charge in [-0.15, -0.1) is 0 Å². The number of carboxylic acids is 1. The minimum atomic E-state index is -4.69. The molecule has 2 aromatic rings. The molecule has 18 heavy (non-hydrogen) atoms. The number of hydrogen-bond acceptors (Lipinski definition) is 2. The Balaban J connectivity index is 2.58. The molecule has 1 N–H and O–H groups in total. The van der Waals surface area contributed by atoms with Crippen molar-refractivity contribution in [2.24, 2.45) is 0 Å². The molecule has 1 aromatic carbocycles. The van der Waals surface area contributed by atoms with Gasteiger partial charge < -0.3 is 9.67 Å². The predicted molar refractivity (Wildman–Crippen MR) is 55.5 cm³/mol. The number of halogens is 3. The van der Waals surface area contributed by atoms with Crippen LogP contribution in [-0.2, 0) is 6.18 Å². The summed E-state index contributed by atoms with van der Waals surface area (Å²) in [5.74, 6) is -1.62. The van der Waals surface area contributed by atoms with E-state index in [-0.39, 0.29) is 0 Å². The normalized spacial score (nSPS) is 11.5. The Bertz CT molecular complexity index is 576. The van der Waals surface area contributed by atoms with Crippen LogP contribution in [0.2, 0.25) is 0 Å². The van der Waals surface area contributed by atoms with Crippen LogP contribution >= 0.6 is 0 Å². The summed E-state index contributed by atoms with van der Waals surface area (Å²) in [7, 11) is 0. The first-order valence-corrected chi connectivity index (χ1v) is 4.82. The Morgan fingerprint density at radius 1 is 1.33 bits per heavy atom. The summed E-state index contributed by atoms with van der Waals surface area (Å²) in [6, 6.07) is 2.91. The van der Waals surface area contributed by atoms with Gasteiger partial charge in [0.15, 0.2) is 0 Å². The van der Waals surface area contributed by atoms with Gasteiger partial charge in [0, 0.05) is 18.1 Å². The number of alkyl halides is 3. The lowest BCUT2D eigenvalue weighted by atomic mass is 10.1. The van der Waals surface area contributed by atoms with E-state index in [2.05, 4.69) is 4.98 Å². The highest BCUT2D eigenvalue weighted by atomic mass is 19.4. The number of rotatable bonds is 2. The average molecular weight is 256 g/mol. The maximum atomic E-state index is 12.6. The van der Waals surface area contributed by atoms with Crippen LogP contribution in [0.25, 0.3) is 5.69 Å². The van der Waals surface area contributed by atoms with Crippen molar-refractivity contribution in [3.63, 3.8) is 0 Å². The first-order valence-electron chi connectivity index (χ1n) is 4.82. The van der Waals surface area contributed by atoms with E-state index >= 15 is 0 Å². The molecule has 0 atom stereocenters. The highest BCUT2D eigenvalue weighted by Gasteiger charge is 2.35. The summed E-state index contributed by atoms with van der Waals surface area (Å²) in [4.78, 5) is 14.6. The quantitative estimate of drug-likeness (QED) is 0.898. The van der Waals surface area contributed by atoms with Crippen molar-refractivity contribution in [2.75, 3.05) is 0 Å². The van der Waals surface area contributed by atoms with Crippen molar-refractivity contribution in [3.05, 3.63) is 48.0 Å².